The van der Waals surface area contributed by atoms with Crippen LogP contribution in [0.4, 0.5) is 0 Å². The van der Waals surface area contributed by atoms with Gasteiger partial charge in [-0.3, -0.25) is 14.4 Å². The third kappa shape index (κ3) is 5.55. The summed E-state index contributed by atoms with van der Waals surface area (Å²) in [6.45, 7) is 5.16. The Labute approximate surface area is 127 Å². The van der Waals surface area contributed by atoms with Gasteiger partial charge in [-0.05, 0) is 32.2 Å². The number of hydrogen-bond acceptors (Lipinski definition) is 4. The molecule has 0 bridgehead atoms. The minimum atomic E-state index is -1.05. The van der Waals surface area contributed by atoms with E-state index in [1.54, 1.807) is 38.3 Å². The number of carboxylic acids is 1. The summed E-state index contributed by atoms with van der Waals surface area (Å²) in [4.78, 5) is 36.5. The lowest BCUT2D eigenvalue weighted by molar-refractivity contribution is -0.148. The van der Waals surface area contributed by atoms with Gasteiger partial charge in [0.2, 0.25) is 5.91 Å². The predicted octanol–water partition coefficient (Wildman–Crippen LogP) is 1.58. The summed E-state index contributed by atoms with van der Waals surface area (Å²) in [5.41, 5.74) is -0.576. The lowest BCUT2D eigenvalue weighted by atomic mass is 10.1. The lowest BCUT2D eigenvalue weighted by Gasteiger charge is -2.34. The Morgan fingerprint density at radius 2 is 2.00 bits per heavy atom. The molecule has 0 aliphatic rings. The van der Waals surface area contributed by atoms with Crippen molar-refractivity contribution in [2.45, 2.75) is 32.7 Å². The van der Waals surface area contributed by atoms with Crippen molar-refractivity contribution in [3.63, 3.8) is 0 Å². The Bertz CT molecular complexity index is 506. The van der Waals surface area contributed by atoms with Gasteiger partial charge in [0.1, 0.15) is 6.54 Å². The smallest absolute Gasteiger partial charge is 0.323 e. The van der Waals surface area contributed by atoms with Crippen molar-refractivity contribution in [2.24, 2.45) is 0 Å². The van der Waals surface area contributed by atoms with E-state index in [1.807, 2.05) is 0 Å². The summed E-state index contributed by atoms with van der Waals surface area (Å²) in [7, 11) is 0. The molecule has 7 heteroatoms. The SMILES string of the molecule is CC(C)(C)N(CC(=O)O)C(=O)CCNC(=O)c1cccs1. The van der Waals surface area contributed by atoms with Crippen LogP contribution in [0.3, 0.4) is 0 Å². The molecule has 0 unspecified atom stereocenters. The molecular formula is C14H20N2O4S. The van der Waals surface area contributed by atoms with Crippen LogP contribution >= 0.6 is 11.3 Å². The molecular weight excluding hydrogens is 292 g/mol. The molecule has 116 valence electrons. The second-order valence-corrected chi connectivity index (χ2v) is 6.48. The van der Waals surface area contributed by atoms with E-state index >= 15 is 0 Å². The van der Waals surface area contributed by atoms with E-state index in [0.29, 0.717) is 4.88 Å². The molecule has 0 saturated carbocycles. The van der Waals surface area contributed by atoms with Crippen molar-refractivity contribution in [3.05, 3.63) is 22.4 Å². The summed E-state index contributed by atoms with van der Waals surface area (Å²) in [5, 5.41) is 13.3. The number of hydrogen-bond donors (Lipinski definition) is 2. The van der Waals surface area contributed by atoms with E-state index < -0.39 is 11.5 Å². The van der Waals surface area contributed by atoms with Crippen LogP contribution in [0, 0.1) is 0 Å². The lowest BCUT2D eigenvalue weighted by Crippen LogP contribution is -2.49. The molecule has 0 saturated heterocycles. The van der Waals surface area contributed by atoms with E-state index in [9.17, 15) is 14.4 Å². The fourth-order valence-corrected chi connectivity index (χ4v) is 2.39. The van der Waals surface area contributed by atoms with Crippen LogP contribution in [0.15, 0.2) is 17.5 Å². The number of nitrogens with one attached hydrogen (secondary N) is 1. The van der Waals surface area contributed by atoms with Gasteiger partial charge in [0.25, 0.3) is 5.91 Å². The van der Waals surface area contributed by atoms with Crippen molar-refractivity contribution in [3.8, 4) is 0 Å². The average Bonchev–Trinajstić information content (AvgIpc) is 2.87. The molecule has 0 atom stereocenters. The van der Waals surface area contributed by atoms with Crippen LogP contribution in [0.5, 0.6) is 0 Å². The molecule has 1 aromatic heterocycles. The second kappa shape index (κ2) is 7.21. The largest absolute Gasteiger partial charge is 0.480 e. The summed E-state index contributed by atoms with van der Waals surface area (Å²) >= 11 is 1.32. The molecule has 1 heterocycles. The molecule has 0 spiro atoms. The van der Waals surface area contributed by atoms with Crippen molar-refractivity contribution in [1.29, 1.82) is 0 Å². The van der Waals surface area contributed by atoms with E-state index in [2.05, 4.69) is 5.32 Å². The third-order valence-electron chi connectivity index (χ3n) is 2.77. The highest BCUT2D eigenvalue weighted by Crippen LogP contribution is 2.14. The van der Waals surface area contributed by atoms with Crippen LogP contribution in [0.2, 0.25) is 0 Å². The van der Waals surface area contributed by atoms with Crippen LogP contribution in [-0.2, 0) is 9.59 Å². The number of thiophene rings is 1. The summed E-state index contributed by atoms with van der Waals surface area (Å²) < 4.78 is 0. The highest BCUT2D eigenvalue weighted by molar-refractivity contribution is 7.12. The minimum absolute atomic E-state index is 0.0711. The Morgan fingerprint density at radius 1 is 1.33 bits per heavy atom. The number of carboxylic acid groups (broad SMARTS) is 1. The molecule has 1 aromatic rings. The van der Waals surface area contributed by atoms with Crippen LogP contribution in [-0.4, -0.2) is 46.4 Å². The normalized spacial score (nSPS) is 11.0. The molecule has 0 aliphatic carbocycles. The number of carbonyl (C=O) groups excluding carboxylic acids is 2. The fourth-order valence-electron chi connectivity index (χ4n) is 1.75. The zero-order valence-corrected chi connectivity index (χ0v) is 13.2. The molecule has 0 fully saturated rings. The summed E-state index contributed by atoms with van der Waals surface area (Å²) in [6, 6.07) is 3.48. The van der Waals surface area contributed by atoms with Gasteiger partial charge in [-0.2, -0.15) is 0 Å². The van der Waals surface area contributed by atoms with Gasteiger partial charge in [0, 0.05) is 18.5 Å². The second-order valence-electron chi connectivity index (χ2n) is 5.53. The first-order chi connectivity index (χ1) is 9.71. The summed E-state index contributed by atoms with van der Waals surface area (Å²) in [6.07, 6.45) is 0.0711. The van der Waals surface area contributed by atoms with E-state index in [1.165, 1.54) is 16.2 Å². The van der Waals surface area contributed by atoms with Crippen molar-refractivity contribution in [1.82, 2.24) is 10.2 Å². The maximum atomic E-state index is 12.1. The Balaban J connectivity index is 2.50. The highest BCUT2D eigenvalue weighted by atomic mass is 32.1. The molecule has 1 rings (SSSR count). The molecule has 0 aliphatic heterocycles. The number of aliphatic carboxylic acids is 1. The highest BCUT2D eigenvalue weighted by Gasteiger charge is 2.27. The molecule has 2 amide bonds. The first-order valence-electron chi connectivity index (χ1n) is 6.56. The number of amides is 2. The molecule has 0 radical (unpaired) electrons. The van der Waals surface area contributed by atoms with Gasteiger partial charge < -0.3 is 15.3 Å². The first kappa shape index (κ1) is 17.2. The van der Waals surface area contributed by atoms with Crippen LogP contribution < -0.4 is 5.32 Å². The van der Waals surface area contributed by atoms with Crippen molar-refractivity contribution in [2.75, 3.05) is 13.1 Å². The maximum absolute atomic E-state index is 12.1. The zero-order valence-electron chi connectivity index (χ0n) is 12.4. The van der Waals surface area contributed by atoms with Gasteiger partial charge in [-0.1, -0.05) is 6.07 Å². The zero-order chi connectivity index (χ0) is 16.0. The maximum Gasteiger partial charge on any atom is 0.323 e. The van der Waals surface area contributed by atoms with E-state index in [4.69, 9.17) is 5.11 Å². The Morgan fingerprint density at radius 3 is 2.48 bits per heavy atom. The van der Waals surface area contributed by atoms with Crippen LogP contribution in [0.1, 0.15) is 36.9 Å². The Kier molecular flexibility index (Phi) is 5.90. The quantitative estimate of drug-likeness (QED) is 0.835. The van der Waals surface area contributed by atoms with Crippen molar-refractivity contribution < 1.29 is 19.5 Å². The first-order valence-corrected chi connectivity index (χ1v) is 7.43. The standard InChI is InChI=1S/C14H20N2O4S/c1-14(2,3)16(9-12(18)19)11(17)6-7-15-13(20)10-5-4-8-21-10/h4-5,8H,6-7,9H2,1-3H3,(H,15,20)(H,18,19). The summed E-state index contributed by atoms with van der Waals surface area (Å²) in [5.74, 6) is -1.57. The molecule has 6 nitrogen and oxygen atoms in total. The molecule has 21 heavy (non-hydrogen) atoms. The van der Waals surface area contributed by atoms with Gasteiger partial charge in [-0.25, -0.2) is 0 Å². The Hall–Kier alpha value is -1.89. The van der Waals surface area contributed by atoms with Crippen molar-refractivity contribution >= 4 is 29.1 Å². The number of nitrogens with zero attached hydrogens (tertiary/aromatic N) is 1. The van der Waals surface area contributed by atoms with Gasteiger partial charge in [0.05, 0.1) is 4.88 Å². The van der Waals surface area contributed by atoms with Gasteiger partial charge >= 0.3 is 5.97 Å². The number of rotatable bonds is 6. The number of carbonyl (C=O) groups is 3. The third-order valence-corrected chi connectivity index (χ3v) is 3.64. The van der Waals surface area contributed by atoms with E-state index in [-0.39, 0.29) is 31.3 Å². The average molecular weight is 312 g/mol. The predicted molar refractivity (Wildman–Crippen MR) is 80.4 cm³/mol. The van der Waals surface area contributed by atoms with Gasteiger partial charge in [0.15, 0.2) is 0 Å². The van der Waals surface area contributed by atoms with Crippen LogP contribution in [0.25, 0.3) is 0 Å². The molecule has 0 aromatic carbocycles. The van der Waals surface area contributed by atoms with E-state index in [0.717, 1.165) is 0 Å². The topological polar surface area (TPSA) is 86.7 Å². The minimum Gasteiger partial charge on any atom is -0.480 e. The monoisotopic (exact) mass is 312 g/mol. The fraction of sp³-hybridized carbons (Fsp3) is 0.500. The molecule has 2 N–H and O–H groups in total. The van der Waals surface area contributed by atoms with Gasteiger partial charge in [-0.15, -0.1) is 11.3 Å².